The van der Waals surface area contributed by atoms with Gasteiger partial charge in [-0.05, 0) is 6.92 Å². The number of amides is 1. The SMILES string of the molecule is CC(CC(F)(F)F)NC(=O)c1nn(C)cc1N. The van der Waals surface area contributed by atoms with Crippen LogP contribution in [0.15, 0.2) is 6.20 Å². The fourth-order valence-electron chi connectivity index (χ4n) is 1.37. The molecule has 0 radical (unpaired) electrons. The molecule has 1 atom stereocenters. The molecule has 8 heteroatoms. The van der Waals surface area contributed by atoms with Crippen molar-refractivity contribution in [1.29, 1.82) is 0 Å². The molecule has 96 valence electrons. The molecule has 0 bridgehead atoms. The van der Waals surface area contributed by atoms with Gasteiger partial charge in [0, 0.05) is 19.3 Å². The summed E-state index contributed by atoms with van der Waals surface area (Å²) in [5.41, 5.74) is 5.54. The highest BCUT2D eigenvalue weighted by molar-refractivity contribution is 5.97. The molecule has 0 saturated heterocycles. The number of hydrogen-bond donors (Lipinski definition) is 2. The summed E-state index contributed by atoms with van der Waals surface area (Å²) < 4.78 is 37.5. The van der Waals surface area contributed by atoms with E-state index in [2.05, 4.69) is 10.4 Å². The number of carbonyl (C=O) groups excluding carboxylic acids is 1. The average Bonchev–Trinajstić information content (AvgIpc) is 2.41. The molecular formula is C9H13F3N4O. The predicted molar refractivity (Wildman–Crippen MR) is 55.2 cm³/mol. The minimum absolute atomic E-state index is 0.0680. The second-order valence-corrected chi connectivity index (χ2v) is 3.80. The first kappa shape index (κ1) is 13.3. The maximum atomic E-state index is 12.0. The minimum Gasteiger partial charge on any atom is -0.396 e. The van der Waals surface area contributed by atoms with Gasteiger partial charge >= 0.3 is 6.18 Å². The highest BCUT2D eigenvalue weighted by Gasteiger charge is 2.31. The highest BCUT2D eigenvalue weighted by atomic mass is 19.4. The normalized spacial score (nSPS) is 13.5. The molecule has 0 fully saturated rings. The van der Waals surface area contributed by atoms with E-state index in [-0.39, 0.29) is 11.4 Å². The molecule has 3 N–H and O–H groups in total. The van der Waals surface area contributed by atoms with Crippen LogP contribution in [0.5, 0.6) is 0 Å². The number of anilines is 1. The van der Waals surface area contributed by atoms with Crippen LogP contribution >= 0.6 is 0 Å². The van der Waals surface area contributed by atoms with Crippen LogP contribution in [0.4, 0.5) is 18.9 Å². The molecule has 0 saturated carbocycles. The largest absolute Gasteiger partial charge is 0.396 e. The third kappa shape index (κ3) is 3.97. The van der Waals surface area contributed by atoms with Crippen LogP contribution in [0.1, 0.15) is 23.8 Å². The van der Waals surface area contributed by atoms with Crippen molar-refractivity contribution in [2.24, 2.45) is 7.05 Å². The lowest BCUT2D eigenvalue weighted by Gasteiger charge is -2.15. The van der Waals surface area contributed by atoms with Crippen molar-refractivity contribution in [3.8, 4) is 0 Å². The van der Waals surface area contributed by atoms with Crippen molar-refractivity contribution in [1.82, 2.24) is 15.1 Å². The zero-order valence-corrected chi connectivity index (χ0v) is 9.38. The van der Waals surface area contributed by atoms with Gasteiger partial charge in [0.1, 0.15) is 0 Å². The Hall–Kier alpha value is -1.73. The summed E-state index contributed by atoms with van der Waals surface area (Å²) in [6.07, 6.45) is -4.00. The number of halogens is 3. The molecule has 1 amide bonds. The lowest BCUT2D eigenvalue weighted by molar-refractivity contribution is -0.138. The molecule has 1 unspecified atom stereocenters. The van der Waals surface area contributed by atoms with Crippen LogP contribution in [-0.4, -0.2) is 27.9 Å². The number of nitrogens with two attached hydrogens (primary N) is 1. The monoisotopic (exact) mass is 250 g/mol. The highest BCUT2D eigenvalue weighted by Crippen LogP contribution is 2.21. The summed E-state index contributed by atoms with van der Waals surface area (Å²) >= 11 is 0. The summed E-state index contributed by atoms with van der Waals surface area (Å²) in [4.78, 5) is 11.5. The van der Waals surface area contributed by atoms with Crippen LogP contribution in [0, 0.1) is 0 Å². The molecular weight excluding hydrogens is 237 g/mol. The number of carbonyl (C=O) groups is 1. The first-order chi connectivity index (χ1) is 7.69. The Morgan fingerprint density at radius 1 is 1.65 bits per heavy atom. The van der Waals surface area contributed by atoms with Crippen molar-refractivity contribution in [3.05, 3.63) is 11.9 Å². The topological polar surface area (TPSA) is 72.9 Å². The van der Waals surface area contributed by atoms with E-state index in [1.54, 1.807) is 7.05 Å². The standard InChI is InChI=1S/C9H13F3N4O/c1-5(3-9(10,11)12)14-8(17)7-6(13)4-16(2)15-7/h4-5H,3,13H2,1-2H3,(H,14,17). The van der Waals surface area contributed by atoms with Crippen LogP contribution in [0.25, 0.3) is 0 Å². The van der Waals surface area contributed by atoms with Gasteiger partial charge in [0.15, 0.2) is 5.69 Å². The second-order valence-electron chi connectivity index (χ2n) is 3.80. The number of aryl methyl sites for hydroxylation is 1. The molecule has 5 nitrogen and oxygen atoms in total. The van der Waals surface area contributed by atoms with Crippen molar-refractivity contribution in [3.63, 3.8) is 0 Å². The lowest BCUT2D eigenvalue weighted by atomic mass is 10.2. The third-order valence-corrected chi connectivity index (χ3v) is 1.99. The van der Waals surface area contributed by atoms with Crippen molar-refractivity contribution in [2.45, 2.75) is 25.6 Å². The van der Waals surface area contributed by atoms with Gasteiger partial charge in [-0.2, -0.15) is 18.3 Å². The predicted octanol–water partition coefficient (Wildman–Crippen LogP) is 1.07. The van der Waals surface area contributed by atoms with E-state index < -0.39 is 24.5 Å². The molecule has 1 aromatic heterocycles. The van der Waals surface area contributed by atoms with E-state index in [0.29, 0.717) is 0 Å². The second kappa shape index (κ2) is 4.64. The van der Waals surface area contributed by atoms with Crippen LogP contribution in [0.2, 0.25) is 0 Å². The zero-order chi connectivity index (χ0) is 13.2. The van der Waals surface area contributed by atoms with Crippen molar-refractivity contribution >= 4 is 11.6 Å². The Bertz CT molecular complexity index is 413. The van der Waals surface area contributed by atoms with E-state index in [0.717, 1.165) is 0 Å². The Labute approximate surface area is 95.8 Å². The lowest BCUT2D eigenvalue weighted by Crippen LogP contribution is -2.36. The number of aromatic nitrogens is 2. The van der Waals surface area contributed by atoms with E-state index in [9.17, 15) is 18.0 Å². The number of hydrogen-bond acceptors (Lipinski definition) is 3. The van der Waals surface area contributed by atoms with Gasteiger partial charge in [-0.25, -0.2) is 0 Å². The van der Waals surface area contributed by atoms with E-state index in [1.165, 1.54) is 17.8 Å². The van der Waals surface area contributed by atoms with Crippen LogP contribution in [-0.2, 0) is 7.05 Å². The Kier molecular flexibility index (Phi) is 3.64. The fraction of sp³-hybridized carbons (Fsp3) is 0.556. The van der Waals surface area contributed by atoms with Crippen LogP contribution < -0.4 is 11.1 Å². The molecule has 1 aromatic rings. The zero-order valence-electron chi connectivity index (χ0n) is 9.38. The fourth-order valence-corrected chi connectivity index (χ4v) is 1.37. The Morgan fingerprint density at radius 3 is 2.65 bits per heavy atom. The van der Waals surface area contributed by atoms with Gasteiger partial charge in [0.05, 0.1) is 12.1 Å². The molecule has 1 heterocycles. The summed E-state index contributed by atoms with van der Waals surface area (Å²) in [7, 11) is 1.56. The minimum atomic E-state index is -4.32. The van der Waals surface area contributed by atoms with Gasteiger partial charge in [0.2, 0.25) is 0 Å². The van der Waals surface area contributed by atoms with Gasteiger partial charge in [-0.15, -0.1) is 0 Å². The van der Waals surface area contributed by atoms with Gasteiger partial charge in [-0.1, -0.05) is 0 Å². The van der Waals surface area contributed by atoms with E-state index in [1.807, 2.05) is 0 Å². The molecule has 17 heavy (non-hydrogen) atoms. The van der Waals surface area contributed by atoms with E-state index >= 15 is 0 Å². The molecule has 0 spiro atoms. The number of rotatable bonds is 3. The molecule has 1 rings (SSSR count). The quantitative estimate of drug-likeness (QED) is 0.842. The summed E-state index contributed by atoms with van der Waals surface area (Å²) in [6, 6.07) is -1.02. The first-order valence-electron chi connectivity index (χ1n) is 4.86. The maximum Gasteiger partial charge on any atom is 0.391 e. The van der Waals surface area contributed by atoms with Crippen LogP contribution in [0.3, 0.4) is 0 Å². The average molecular weight is 250 g/mol. The molecule has 0 aliphatic heterocycles. The molecule has 0 aliphatic rings. The summed E-state index contributed by atoms with van der Waals surface area (Å²) in [5, 5.41) is 5.95. The molecule has 0 aliphatic carbocycles. The van der Waals surface area contributed by atoms with E-state index in [4.69, 9.17) is 5.73 Å². The third-order valence-electron chi connectivity index (χ3n) is 1.99. The Balaban J connectivity index is 2.64. The van der Waals surface area contributed by atoms with Crippen molar-refractivity contribution < 1.29 is 18.0 Å². The van der Waals surface area contributed by atoms with Gasteiger partial charge in [0.25, 0.3) is 5.91 Å². The van der Waals surface area contributed by atoms with Gasteiger partial charge in [-0.3, -0.25) is 9.48 Å². The summed E-state index contributed by atoms with van der Waals surface area (Å²) in [5.74, 6) is -0.708. The Morgan fingerprint density at radius 2 is 2.24 bits per heavy atom. The van der Waals surface area contributed by atoms with Gasteiger partial charge < -0.3 is 11.1 Å². The summed E-state index contributed by atoms with van der Waals surface area (Å²) in [6.45, 7) is 1.27. The number of nitrogens with zero attached hydrogens (tertiary/aromatic N) is 2. The number of nitrogens with one attached hydrogen (secondary N) is 1. The smallest absolute Gasteiger partial charge is 0.391 e. The van der Waals surface area contributed by atoms with Crippen molar-refractivity contribution in [2.75, 3.05) is 5.73 Å². The first-order valence-corrected chi connectivity index (χ1v) is 4.86. The molecule has 0 aromatic carbocycles. The number of alkyl halides is 3. The maximum absolute atomic E-state index is 12.0. The number of nitrogen functional groups attached to an aromatic ring is 1.